The largest absolute Gasteiger partial charge is 0.591 e. The van der Waals surface area contributed by atoms with E-state index in [4.69, 9.17) is 0 Å². The molecule has 17 heavy (non-hydrogen) atoms. The second-order valence-corrected chi connectivity index (χ2v) is 7.34. The summed E-state index contributed by atoms with van der Waals surface area (Å²) in [6.07, 6.45) is 1.48. The lowest BCUT2D eigenvalue weighted by Gasteiger charge is -2.18. The van der Waals surface area contributed by atoms with Gasteiger partial charge < -0.3 is 4.55 Å². The molecule has 1 aromatic rings. The molecule has 0 fully saturated rings. The van der Waals surface area contributed by atoms with E-state index >= 15 is 0 Å². The molecule has 6 heteroatoms. The van der Waals surface area contributed by atoms with Crippen molar-refractivity contribution in [1.29, 1.82) is 0 Å². The third-order valence-electron chi connectivity index (χ3n) is 1.89. The van der Waals surface area contributed by atoms with Gasteiger partial charge in [-0.05, 0) is 49.7 Å². The fourth-order valence-electron chi connectivity index (χ4n) is 0.985. The Morgan fingerprint density at radius 2 is 2.12 bits per heavy atom. The molecular weight excluding hydrogens is 307 g/mol. The minimum absolute atomic E-state index is 0.130. The molecule has 0 saturated carbocycles. The zero-order valence-corrected chi connectivity index (χ0v) is 12.5. The molecule has 0 radical (unpaired) electrons. The van der Waals surface area contributed by atoms with E-state index in [1.807, 2.05) is 20.8 Å². The first-order chi connectivity index (χ1) is 7.71. The Kier molecular flexibility index (Phi) is 4.69. The van der Waals surface area contributed by atoms with E-state index in [1.54, 1.807) is 6.92 Å². The van der Waals surface area contributed by atoms with Gasteiger partial charge in [0.05, 0.1) is 0 Å². The highest BCUT2D eigenvalue weighted by molar-refractivity contribution is 9.10. The van der Waals surface area contributed by atoms with E-state index < -0.39 is 21.9 Å². The Bertz CT molecular complexity index is 446. The molecule has 0 N–H and O–H groups in total. The Balaban J connectivity index is 3.04. The molecule has 94 valence electrons. The summed E-state index contributed by atoms with van der Waals surface area (Å²) in [6, 6.07) is 1.31. The van der Waals surface area contributed by atoms with Crippen LogP contribution in [0.5, 0.6) is 0 Å². The summed E-state index contributed by atoms with van der Waals surface area (Å²) in [6.45, 7) is 7.03. The lowest BCUT2D eigenvalue weighted by Crippen LogP contribution is -2.27. The average Bonchev–Trinajstić information content (AvgIpc) is 2.15. The summed E-state index contributed by atoms with van der Waals surface area (Å²) < 4.78 is 29.4. The maximum atomic E-state index is 13.6. The summed E-state index contributed by atoms with van der Waals surface area (Å²) in [5, 5.41) is 0. The normalized spacial score (nSPS) is 14.9. The molecule has 1 aromatic heterocycles. The fourth-order valence-corrected chi connectivity index (χ4v) is 1.90. The molecule has 1 unspecified atom stereocenters. The summed E-state index contributed by atoms with van der Waals surface area (Å²) >= 11 is 1.71. The first-order valence-corrected chi connectivity index (χ1v) is 6.90. The van der Waals surface area contributed by atoms with Crippen molar-refractivity contribution in [1.82, 2.24) is 4.98 Å². The minimum atomic E-state index is -1.41. The molecule has 0 bridgehead atoms. The summed E-state index contributed by atoms with van der Waals surface area (Å²) in [5.41, 5.74) is 0.467. The molecule has 0 saturated heterocycles. The van der Waals surface area contributed by atoms with Gasteiger partial charge in [-0.25, -0.2) is 4.39 Å². The average molecular weight is 321 g/mol. The Labute approximate surface area is 112 Å². The predicted molar refractivity (Wildman–Crippen MR) is 72.0 cm³/mol. The minimum Gasteiger partial charge on any atom is -0.591 e. The van der Waals surface area contributed by atoms with Crippen molar-refractivity contribution in [3.05, 3.63) is 28.2 Å². The molecule has 0 aromatic carbocycles. The zero-order valence-electron chi connectivity index (χ0n) is 10.1. The lowest BCUT2D eigenvalue weighted by molar-refractivity contribution is 0.561. The van der Waals surface area contributed by atoms with Crippen LogP contribution in [0.3, 0.4) is 0 Å². The van der Waals surface area contributed by atoms with Crippen LogP contribution in [0.15, 0.2) is 21.1 Å². The number of rotatable bonds is 2. The van der Waals surface area contributed by atoms with E-state index in [2.05, 4.69) is 25.3 Å². The highest BCUT2D eigenvalue weighted by Gasteiger charge is 2.27. The van der Waals surface area contributed by atoms with Crippen molar-refractivity contribution < 1.29 is 8.94 Å². The molecule has 3 nitrogen and oxygen atoms in total. The summed E-state index contributed by atoms with van der Waals surface area (Å²) in [4.78, 5) is 3.93. The molecule has 1 rings (SSSR count). The van der Waals surface area contributed by atoms with Gasteiger partial charge >= 0.3 is 0 Å². The standard InChI is InChI=1S/C11H14BrFN2OS/c1-7(15-17(16)11(2,3)4)10-9(13)5-8(12)6-14-10/h5-6H,1-4H3/b15-7-. The monoisotopic (exact) mass is 320 g/mol. The number of halogens is 2. The fraction of sp³-hybridized carbons (Fsp3) is 0.455. The molecule has 0 aliphatic heterocycles. The number of hydrogen-bond acceptors (Lipinski definition) is 3. The lowest BCUT2D eigenvalue weighted by atomic mass is 10.2. The first-order valence-electron chi connectivity index (χ1n) is 5.00. The van der Waals surface area contributed by atoms with E-state index in [-0.39, 0.29) is 5.69 Å². The topological polar surface area (TPSA) is 48.3 Å². The van der Waals surface area contributed by atoms with Crippen molar-refractivity contribution in [3.63, 3.8) is 0 Å². The smallest absolute Gasteiger partial charge is 0.152 e. The Hall–Kier alpha value is -0.460. The maximum absolute atomic E-state index is 13.6. The van der Waals surface area contributed by atoms with Gasteiger partial charge in [0.2, 0.25) is 0 Å². The van der Waals surface area contributed by atoms with Gasteiger partial charge in [-0.2, -0.15) is 0 Å². The van der Waals surface area contributed by atoms with Crippen molar-refractivity contribution in [2.24, 2.45) is 4.40 Å². The van der Waals surface area contributed by atoms with Gasteiger partial charge in [0.25, 0.3) is 0 Å². The van der Waals surface area contributed by atoms with Gasteiger partial charge in [0.1, 0.15) is 27.5 Å². The van der Waals surface area contributed by atoms with Crippen LogP contribution in [0.25, 0.3) is 0 Å². The Morgan fingerprint density at radius 3 is 2.59 bits per heavy atom. The first kappa shape index (κ1) is 14.6. The Morgan fingerprint density at radius 1 is 1.53 bits per heavy atom. The van der Waals surface area contributed by atoms with Gasteiger partial charge in [0, 0.05) is 10.7 Å². The van der Waals surface area contributed by atoms with Crippen LogP contribution in [-0.2, 0) is 11.4 Å². The van der Waals surface area contributed by atoms with E-state index in [0.717, 1.165) is 0 Å². The van der Waals surface area contributed by atoms with Crippen LogP contribution in [0.1, 0.15) is 33.4 Å². The summed E-state index contributed by atoms with van der Waals surface area (Å²) in [5.74, 6) is -0.480. The number of hydrogen-bond donors (Lipinski definition) is 0. The van der Waals surface area contributed by atoms with E-state index in [9.17, 15) is 8.94 Å². The van der Waals surface area contributed by atoms with Crippen LogP contribution in [0.2, 0.25) is 0 Å². The van der Waals surface area contributed by atoms with Gasteiger partial charge in [-0.1, -0.05) is 4.40 Å². The van der Waals surface area contributed by atoms with E-state index in [1.165, 1.54) is 12.3 Å². The summed E-state index contributed by atoms with van der Waals surface area (Å²) in [7, 11) is 0. The number of aromatic nitrogens is 1. The molecule has 1 atom stereocenters. The van der Waals surface area contributed by atoms with Crippen molar-refractivity contribution in [2.45, 2.75) is 32.4 Å². The third-order valence-corrected chi connectivity index (χ3v) is 3.82. The van der Waals surface area contributed by atoms with Crippen molar-refractivity contribution >= 4 is 33.0 Å². The molecule has 0 aliphatic rings. The van der Waals surface area contributed by atoms with Crippen LogP contribution < -0.4 is 0 Å². The molecule has 1 heterocycles. The van der Waals surface area contributed by atoms with Gasteiger partial charge in [-0.3, -0.25) is 4.98 Å². The van der Waals surface area contributed by atoms with Crippen molar-refractivity contribution in [3.8, 4) is 0 Å². The molecular formula is C11H14BrFN2OS. The maximum Gasteiger partial charge on any atom is 0.152 e. The van der Waals surface area contributed by atoms with Crippen LogP contribution in [-0.4, -0.2) is 20.0 Å². The highest BCUT2D eigenvalue weighted by atomic mass is 79.9. The number of nitrogens with zero attached hydrogens (tertiary/aromatic N) is 2. The molecule has 0 spiro atoms. The zero-order chi connectivity index (χ0) is 13.2. The second-order valence-electron chi connectivity index (χ2n) is 4.52. The van der Waals surface area contributed by atoms with Crippen LogP contribution >= 0.6 is 15.9 Å². The quantitative estimate of drug-likeness (QED) is 0.620. The molecule has 0 aliphatic carbocycles. The van der Waals surface area contributed by atoms with Crippen LogP contribution in [0, 0.1) is 5.82 Å². The second kappa shape index (κ2) is 5.46. The predicted octanol–water partition coefficient (Wildman–Crippen LogP) is 3.25. The van der Waals surface area contributed by atoms with E-state index in [0.29, 0.717) is 10.2 Å². The number of pyridine rings is 1. The van der Waals surface area contributed by atoms with Gasteiger partial charge in [0.15, 0.2) is 5.82 Å². The van der Waals surface area contributed by atoms with Crippen LogP contribution in [0.4, 0.5) is 4.39 Å². The molecule has 0 amide bonds. The SMILES string of the molecule is C/C(=N/[S+]([O-])C(C)(C)C)c1ncc(Br)cc1F. The van der Waals surface area contributed by atoms with Crippen molar-refractivity contribution in [2.75, 3.05) is 0 Å². The highest BCUT2D eigenvalue weighted by Crippen LogP contribution is 2.19. The van der Waals surface area contributed by atoms with Gasteiger partial charge in [-0.15, -0.1) is 0 Å². The third kappa shape index (κ3) is 4.04.